The Morgan fingerprint density at radius 3 is 2.45 bits per heavy atom. The minimum atomic E-state index is -4.68. The summed E-state index contributed by atoms with van der Waals surface area (Å²) in [5, 5.41) is 8.14. The number of alkyl halides is 3. The molecule has 0 amide bonds. The molecule has 7 nitrogen and oxygen atoms in total. The molecule has 10 heteroatoms. The Labute approximate surface area is 185 Å². The highest BCUT2D eigenvalue weighted by Crippen LogP contribution is 2.35. The highest BCUT2D eigenvalue weighted by Gasteiger charge is 2.35. The zero-order valence-corrected chi connectivity index (χ0v) is 17.0. The molecule has 2 aromatic carbocycles. The number of para-hydroxylation sites is 1. The van der Waals surface area contributed by atoms with E-state index in [2.05, 4.69) is 15.2 Å². The van der Waals surface area contributed by atoms with E-state index in [-0.39, 0.29) is 22.8 Å². The minimum Gasteiger partial charge on any atom is -0.405 e. The molecule has 0 fully saturated rings. The normalized spacial score (nSPS) is 12.4. The van der Waals surface area contributed by atoms with E-state index in [1.54, 1.807) is 36.4 Å². The highest BCUT2D eigenvalue weighted by atomic mass is 19.4. The molecule has 4 rings (SSSR count). The second kappa shape index (κ2) is 8.95. The standard InChI is InChI=1S/C23H17F3N6O/c24-23(25,26)18-15-17(31-13-4-12-28-31)7-8-20(18)32-14-10-21(33)22(30-32)19(9-11-27)29-16-5-2-1-3-6-16/h1-15H,27H2. The van der Waals surface area contributed by atoms with Gasteiger partial charge in [-0.15, -0.1) is 0 Å². The van der Waals surface area contributed by atoms with Crippen molar-refractivity contribution in [3.05, 3.63) is 113 Å². The molecule has 0 unspecified atom stereocenters. The lowest BCUT2D eigenvalue weighted by Gasteiger charge is -2.16. The van der Waals surface area contributed by atoms with Crippen LogP contribution in [0.3, 0.4) is 0 Å². The van der Waals surface area contributed by atoms with Crippen molar-refractivity contribution in [1.82, 2.24) is 19.6 Å². The number of nitrogens with two attached hydrogens (primary N) is 1. The molecule has 0 aliphatic rings. The molecule has 2 aromatic heterocycles. The smallest absolute Gasteiger partial charge is 0.405 e. The number of halogens is 3. The van der Waals surface area contributed by atoms with E-state index >= 15 is 0 Å². The van der Waals surface area contributed by atoms with Crippen LogP contribution in [0, 0.1) is 0 Å². The lowest BCUT2D eigenvalue weighted by molar-refractivity contribution is -0.137. The van der Waals surface area contributed by atoms with Crippen molar-refractivity contribution in [1.29, 1.82) is 0 Å². The van der Waals surface area contributed by atoms with Crippen LogP contribution in [0.2, 0.25) is 0 Å². The van der Waals surface area contributed by atoms with Crippen LogP contribution >= 0.6 is 0 Å². The number of allylic oxidation sites excluding steroid dienone is 1. The number of aromatic nitrogens is 4. The predicted molar refractivity (Wildman–Crippen MR) is 118 cm³/mol. The van der Waals surface area contributed by atoms with Gasteiger partial charge in [0.15, 0.2) is 5.69 Å². The van der Waals surface area contributed by atoms with Gasteiger partial charge in [-0.25, -0.2) is 14.4 Å². The lowest BCUT2D eigenvalue weighted by atomic mass is 10.1. The molecule has 4 aromatic rings. The van der Waals surface area contributed by atoms with Crippen molar-refractivity contribution < 1.29 is 13.2 Å². The lowest BCUT2D eigenvalue weighted by Crippen LogP contribution is -2.22. The molecule has 0 spiro atoms. The first-order chi connectivity index (χ1) is 15.9. The summed E-state index contributed by atoms with van der Waals surface area (Å²) in [4.78, 5) is 16.9. The average Bonchev–Trinajstić information content (AvgIpc) is 3.34. The van der Waals surface area contributed by atoms with Crippen molar-refractivity contribution in [2.24, 2.45) is 10.7 Å². The van der Waals surface area contributed by atoms with E-state index in [4.69, 9.17) is 5.73 Å². The third-order valence-electron chi connectivity index (χ3n) is 4.61. The van der Waals surface area contributed by atoms with Crippen molar-refractivity contribution in [2.45, 2.75) is 6.18 Å². The van der Waals surface area contributed by atoms with Crippen molar-refractivity contribution in [2.75, 3.05) is 0 Å². The first-order valence-electron chi connectivity index (χ1n) is 9.71. The van der Waals surface area contributed by atoms with E-state index in [1.165, 1.54) is 47.7 Å². The third-order valence-corrected chi connectivity index (χ3v) is 4.61. The molecule has 0 atom stereocenters. The van der Waals surface area contributed by atoms with Crippen LogP contribution in [-0.2, 0) is 6.18 Å². The number of aliphatic imine (C=N–C) groups is 1. The molecule has 2 N–H and O–H groups in total. The zero-order chi connectivity index (χ0) is 23.4. The van der Waals surface area contributed by atoms with Gasteiger partial charge in [-0.05, 0) is 48.7 Å². The molecule has 0 aliphatic carbocycles. The SMILES string of the molecule is NC=CC(=Nc1ccccc1)c1nn(-c2ccc(-n3cccn3)cc2C(F)(F)F)ccc1=O. The van der Waals surface area contributed by atoms with E-state index in [0.29, 0.717) is 5.69 Å². The van der Waals surface area contributed by atoms with E-state index < -0.39 is 17.2 Å². The molecule has 2 heterocycles. The van der Waals surface area contributed by atoms with Gasteiger partial charge in [-0.1, -0.05) is 18.2 Å². The average molecular weight is 450 g/mol. The molecule has 0 saturated heterocycles. The molecule has 33 heavy (non-hydrogen) atoms. The Balaban J connectivity index is 1.87. The quantitative estimate of drug-likeness (QED) is 0.465. The summed E-state index contributed by atoms with van der Waals surface area (Å²) in [6.07, 6.45) is 2.05. The van der Waals surface area contributed by atoms with Gasteiger partial charge in [-0.3, -0.25) is 4.79 Å². The highest BCUT2D eigenvalue weighted by molar-refractivity contribution is 6.08. The number of nitrogens with zero attached hydrogens (tertiary/aromatic N) is 5. The summed E-state index contributed by atoms with van der Waals surface area (Å²) in [6, 6.07) is 15.2. The van der Waals surface area contributed by atoms with Gasteiger partial charge in [0, 0.05) is 24.7 Å². The molecule has 166 valence electrons. The third kappa shape index (κ3) is 4.74. The predicted octanol–water partition coefficient (Wildman–Crippen LogP) is 4.03. The number of hydrogen-bond donors (Lipinski definition) is 1. The first-order valence-corrected chi connectivity index (χ1v) is 9.71. The zero-order valence-electron chi connectivity index (χ0n) is 17.0. The fourth-order valence-corrected chi connectivity index (χ4v) is 3.14. The Morgan fingerprint density at radius 1 is 1.00 bits per heavy atom. The second-order valence-electron chi connectivity index (χ2n) is 6.81. The monoisotopic (exact) mass is 450 g/mol. The molecule has 0 radical (unpaired) electrons. The Bertz CT molecular complexity index is 1370. The Hall–Kier alpha value is -4.47. The molecular formula is C23H17F3N6O. The van der Waals surface area contributed by atoms with Gasteiger partial charge < -0.3 is 5.73 Å². The summed E-state index contributed by atoms with van der Waals surface area (Å²) in [6.45, 7) is 0. The maximum absolute atomic E-state index is 13.9. The first kappa shape index (κ1) is 21.8. The van der Waals surface area contributed by atoms with Gasteiger partial charge in [0.1, 0.15) is 0 Å². The van der Waals surface area contributed by atoms with Gasteiger partial charge in [-0.2, -0.15) is 23.4 Å². The summed E-state index contributed by atoms with van der Waals surface area (Å²) in [5.74, 6) is 0. The van der Waals surface area contributed by atoms with Crippen LogP contribution in [0.1, 0.15) is 11.3 Å². The summed E-state index contributed by atoms with van der Waals surface area (Å²) < 4.78 is 44.1. The van der Waals surface area contributed by atoms with E-state index in [0.717, 1.165) is 16.8 Å². The van der Waals surface area contributed by atoms with E-state index in [1.807, 2.05) is 0 Å². The molecule has 0 saturated carbocycles. The maximum Gasteiger partial charge on any atom is 0.418 e. The Morgan fingerprint density at radius 2 is 1.79 bits per heavy atom. The van der Waals surface area contributed by atoms with Crippen LogP contribution in [-0.4, -0.2) is 25.3 Å². The van der Waals surface area contributed by atoms with Crippen LogP contribution in [0.25, 0.3) is 11.4 Å². The van der Waals surface area contributed by atoms with Crippen molar-refractivity contribution in [3.63, 3.8) is 0 Å². The molecule has 0 bridgehead atoms. The topological polar surface area (TPSA) is 91.1 Å². The van der Waals surface area contributed by atoms with Gasteiger partial charge in [0.25, 0.3) is 0 Å². The van der Waals surface area contributed by atoms with Gasteiger partial charge in [0.05, 0.1) is 28.3 Å². The number of benzene rings is 2. The van der Waals surface area contributed by atoms with Crippen molar-refractivity contribution in [3.8, 4) is 11.4 Å². The van der Waals surface area contributed by atoms with Gasteiger partial charge in [0.2, 0.25) is 5.43 Å². The van der Waals surface area contributed by atoms with Crippen LogP contribution in [0.4, 0.5) is 18.9 Å². The number of rotatable bonds is 5. The molecular weight excluding hydrogens is 433 g/mol. The van der Waals surface area contributed by atoms with E-state index in [9.17, 15) is 18.0 Å². The van der Waals surface area contributed by atoms with Gasteiger partial charge >= 0.3 is 6.18 Å². The van der Waals surface area contributed by atoms with Crippen LogP contribution in [0.15, 0.2) is 101 Å². The fraction of sp³-hybridized carbons (Fsp3) is 0.0435. The largest absolute Gasteiger partial charge is 0.418 e. The van der Waals surface area contributed by atoms with Crippen molar-refractivity contribution >= 4 is 11.4 Å². The Kier molecular flexibility index (Phi) is 5.90. The molecule has 0 aliphatic heterocycles. The number of hydrogen-bond acceptors (Lipinski definition) is 5. The van der Waals surface area contributed by atoms with Crippen LogP contribution < -0.4 is 11.2 Å². The van der Waals surface area contributed by atoms with Crippen LogP contribution in [0.5, 0.6) is 0 Å². The fourth-order valence-electron chi connectivity index (χ4n) is 3.14. The maximum atomic E-state index is 13.9. The minimum absolute atomic E-state index is 0.116. The summed E-state index contributed by atoms with van der Waals surface area (Å²) in [5.41, 5.74) is 4.54. The second-order valence-corrected chi connectivity index (χ2v) is 6.81. The summed E-state index contributed by atoms with van der Waals surface area (Å²) in [7, 11) is 0. The summed E-state index contributed by atoms with van der Waals surface area (Å²) >= 11 is 0.